The Morgan fingerprint density at radius 1 is 1.30 bits per heavy atom. The van der Waals surface area contributed by atoms with Crippen LogP contribution < -0.4 is 5.32 Å². The maximum absolute atomic E-state index is 5.93. The second kappa shape index (κ2) is 7.06. The Labute approximate surface area is 131 Å². The van der Waals surface area contributed by atoms with Gasteiger partial charge in [0.05, 0.1) is 6.61 Å². The Hall–Kier alpha value is -0.380. The number of nitrogens with one attached hydrogen (secondary N) is 1. The third-order valence-electron chi connectivity index (χ3n) is 3.59. The van der Waals surface area contributed by atoms with Crippen LogP contribution in [0.4, 0.5) is 0 Å². The van der Waals surface area contributed by atoms with Crippen molar-refractivity contribution in [3.63, 3.8) is 0 Å². The van der Waals surface area contributed by atoms with Crippen molar-refractivity contribution in [1.82, 2.24) is 5.32 Å². The molecule has 1 aliphatic rings. The minimum atomic E-state index is 0.135. The first-order valence-electron chi connectivity index (χ1n) is 7.53. The van der Waals surface area contributed by atoms with Crippen LogP contribution in [0, 0.1) is 5.92 Å². The number of hydrogen-bond donors (Lipinski definition) is 1. The number of rotatable bonds is 7. The van der Waals surface area contributed by atoms with Crippen molar-refractivity contribution in [2.45, 2.75) is 45.1 Å². The first kappa shape index (κ1) is 16.0. The quantitative estimate of drug-likeness (QED) is 0.797. The van der Waals surface area contributed by atoms with Crippen molar-refractivity contribution < 1.29 is 4.74 Å². The number of benzene rings is 1. The van der Waals surface area contributed by atoms with Crippen LogP contribution in [0.25, 0.3) is 0 Å². The molecule has 0 aliphatic heterocycles. The highest BCUT2D eigenvalue weighted by Gasteiger charge is 2.23. The molecule has 20 heavy (non-hydrogen) atoms. The van der Waals surface area contributed by atoms with Gasteiger partial charge in [-0.15, -0.1) is 0 Å². The molecule has 0 amide bonds. The van der Waals surface area contributed by atoms with Gasteiger partial charge in [0.15, 0.2) is 0 Å². The average molecular weight is 340 g/mol. The van der Waals surface area contributed by atoms with Crippen molar-refractivity contribution in [3.05, 3.63) is 34.3 Å². The normalized spacial score (nSPS) is 17.2. The van der Waals surface area contributed by atoms with Gasteiger partial charge in [-0.1, -0.05) is 34.1 Å². The lowest BCUT2D eigenvalue weighted by atomic mass is 9.98. The van der Waals surface area contributed by atoms with E-state index in [1.54, 1.807) is 0 Å². The van der Waals surface area contributed by atoms with Gasteiger partial charge in [0.25, 0.3) is 0 Å². The topological polar surface area (TPSA) is 21.3 Å². The summed E-state index contributed by atoms with van der Waals surface area (Å²) in [6.45, 7) is 9.27. The van der Waals surface area contributed by atoms with Crippen molar-refractivity contribution in [1.29, 1.82) is 0 Å². The van der Waals surface area contributed by atoms with Crippen molar-refractivity contribution in [3.8, 4) is 0 Å². The number of ether oxygens (including phenoxy) is 1. The number of hydrogen-bond acceptors (Lipinski definition) is 2. The Kier molecular flexibility index (Phi) is 5.65. The maximum Gasteiger partial charge on any atom is 0.0547 e. The Balaban J connectivity index is 1.96. The van der Waals surface area contributed by atoms with Crippen LogP contribution in [-0.4, -0.2) is 25.3 Å². The van der Waals surface area contributed by atoms with Crippen molar-refractivity contribution >= 4 is 15.9 Å². The van der Waals surface area contributed by atoms with Gasteiger partial charge in [-0.2, -0.15) is 0 Å². The summed E-state index contributed by atoms with van der Waals surface area (Å²) in [5.41, 5.74) is 1.47. The fourth-order valence-corrected chi connectivity index (χ4v) is 2.76. The Morgan fingerprint density at radius 2 is 2.00 bits per heavy atom. The zero-order chi connectivity index (χ0) is 14.6. The lowest BCUT2D eigenvalue weighted by Gasteiger charge is -2.26. The summed E-state index contributed by atoms with van der Waals surface area (Å²) >= 11 is 3.67. The van der Waals surface area contributed by atoms with E-state index in [0.717, 1.165) is 25.7 Å². The molecule has 1 saturated carbocycles. The predicted octanol–water partition coefficient (Wildman–Crippen LogP) is 4.35. The zero-order valence-corrected chi connectivity index (χ0v) is 14.4. The van der Waals surface area contributed by atoms with Crippen LogP contribution in [0.15, 0.2) is 28.7 Å². The van der Waals surface area contributed by atoms with Crippen LogP contribution >= 0.6 is 15.9 Å². The van der Waals surface area contributed by atoms with Crippen LogP contribution in [0.3, 0.4) is 0 Å². The lowest BCUT2D eigenvalue weighted by Crippen LogP contribution is -2.39. The van der Waals surface area contributed by atoms with Crippen molar-refractivity contribution in [2.75, 3.05) is 19.8 Å². The highest BCUT2D eigenvalue weighted by atomic mass is 79.9. The zero-order valence-electron chi connectivity index (χ0n) is 12.8. The smallest absolute Gasteiger partial charge is 0.0547 e. The average Bonchev–Trinajstić information content (AvgIpc) is 3.17. The van der Waals surface area contributed by atoms with Gasteiger partial charge in [0, 0.05) is 29.1 Å². The van der Waals surface area contributed by atoms with Gasteiger partial charge in [-0.3, -0.25) is 0 Å². The number of halogens is 1. The SMILES string of the molecule is CC(C)(C)NCC(COCC1CC1)c1ccccc1Br. The molecule has 1 aromatic carbocycles. The molecule has 2 rings (SSSR count). The van der Waals surface area contributed by atoms with Gasteiger partial charge in [0.1, 0.15) is 0 Å². The molecule has 1 aliphatic carbocycles. The van der Waals surface area contributed by atoms with E-state index < -0.39 is 0 Å². The highest BCUT2D eigenvalue weighted by molar-refractivity contribution is 9.10. The van der Waals surface area contributed by atoms with Gasteiger partial charge >= 0.3 is 0 Å². The largest absolute Gasteiger partial charge is 0.380 e. The van der Waals surface area contributed by atoms with Crippen LogP contribution in [0.2, 0.25) is 0 Å². The molecule has 1 fully saturated rings. The first-order chi connectivity index (χ1) is 9.46. The minimum absolute atomic E-state index is 0.135. The molecule has 112 valence electrons. The first-order valence-corrected chi connectivity index (χ1v) is 8.32. The molecule has 1 N–H and O–H groups in total. The van der Waals surface area contributed by atoms with E-state index >= 15 is 0 Å². The molecule has 3 heteroatoms. The molecule has 0 heterocycles. The van der Waals surface area contributed by atoms with Crippen molar-refractivity contribution in [2.24, 2.45) is 5.92 Å². The third kappa shape index (κ3) is 5.55. The Bertz CT molecular complexity index is 423. The molecule has 1 unspecified atom stereocenters. The standard InChI is InChI=1S/C17H26BrNO/c1-17(2,3)19-10-14(12-20-11-13-8-9-13)15-6-4-5-7-16(15)18/h4-7,13-14,19H,8-12H2,1-3H3. The maximum atomic E-state index is 5.93. The molecule has 1 atom stereocenters. The van der Waals surface area contributed by atoms with E-state index in [1.165, 1.54) is 22.9 Å². The summed E-state index contributed by atoms with van der Waals surface area (Å²) in [4.78, 5) is 0. The third-order valence-corrected chi connectivity index (χ3v) is 4.32. The molecule has 0 saturated heterocycles. The molecule has 2 nitrogen and oxygen atoms in total. The Morgan fingerprint density at radius 3 is 2.60 bits per heavy atom. The van der Waals surface area contributed by atoms with E-state index in [2.05, 4.69) is 66.3 Å². The van der Waals surface area contributed by atoms with Crippen LogP contribution in [0.5, 0.6) is 0 Å². The second-order valence-electron chi connectivity index (χ2n) is 6.83. The van der Waals surface area contributed by atoms with E-state index in [1.807, 2.05) is 0 Å². The predicted molar refractivity (Wildman–Crippen MR) is 88.2 cm³/mol. The molecule has 0 radical (unpaired) electrons. The summed E-state index contributed by atoms with van der Waals surface area (Å²) < 4.78 is 7.11. The fourth-order valence-electron chi connectivity index (χ4n) is 2.16. The molecule has 0 bridgehead atoms. The van der Waals surface area contributed by atoms with E-state index in [4.69, 9.17) is 4.74 Å². The molecular formula is C17H26BrNO. The summed E-state index contributed by atoms with van der Waals surface area (Å²) in [5.74, 6) is 1.22. The minimum Gasteiger partial charge on any atom is -0.380 e. The summed E-state index contributed by atoms with van der Waals surface area (Å²) in [5, 5.41) is 3.60. The van der Waals surface area contributed by atoms with Gasteiger partial charge in [-0.05, 0) is 51.2 Å². The molecule has 0 aromatic heterocycles. The van der Waals surface area contributed by atoms with Crippen LogP contribution in [-0.2, 0) is 4.74 Å². The van der Waals surface area contributed by atoms with E-state index in [9.17, 15) is 0 Å². The summed E-state index contributed by atoms with van der Waals surface area (Å²) in [7, 11) is 0. The lowest BCUT2D eigenvalue weighted by molar-refractivity contribution is 0.108. The van der Waals surface area contributed by atoms with E-state index in [0.29, 0.717) is 5.92 Å². The van der Waals surface area contributed by atoms with Gasteiger partial charge in [0.2, 0.25) is 0 Å². The molecular weight excluding hydrogens is 314 g/mol. The fraction of sp³-hybridized carbons (Fsp3) is 0.647. The summed E-state index contributed by atoms with van der Waals surface area (Å²) in [6, 6.07) is 8.47. The van der Waals surface area contributed by atoms with Gasteiger partial charge < -0.3 is 10.1 Å². The van der Waals surface area contributed by atoms with Gasteiger partial charge in [-0.25, -0.2) is 0 Å². The summed E-state index contributed by atoms with van der Waals surface area (Å²) in [6.07, 6.45) is 2.69. The molecule has 0 spiro atoms. The van der Waals surface area contributed by atoms with E-state index in [-0.39, 0.29) is 5.54 Å². The van der Waals surface area contributed by atoms with Crippen LogP contribution in [0.1, 0.15) is 45.1 Å². The monoisotopic (exact) mass is 339 g/mol. The highest BCUT2D eigenvalue weighted by Crippen LogP contribution is 2.30. The molecule has 1 aromatic rings. The second-order valence-corrected chi connectivity index (χ2v) is 7.68.